The van der Waals surface area contributed by atoms with E-state index in [2.05, 4.69) is 19.2 Å². The van der Waals surface area contributed by atoms with Gasteiger partial charge in [-0.1, -0.05) is 44.2 Å². The van der Waals surface area contributed by atoms with Crippen LogP contribution in [0.15, 0.2) is 30.3 Å². The van der Waals surface area contributed by atoms with Gasteiger partial charge in [0.05, 0.1) is 12.5 Å². The Kier molecular flexibility index (Phi) is 4.50. The largest absolute Gasteiger partial charge is 0.481 e. The second-order valence-electron chi connectivity index (χ2n) is 6.35. The highest BCUT2D eigenvalue weighted by molar-refractivity contribution is 5.76. The van der Waals surface area contributed by atoms with Gasteiger partial charge in [0.2, 0.25) is 0 Å². The van der Waals surface area contributed by atoms with E-state index in [1.165, 1.54) is 0 Å². The Morgan fingerprint density at radius 1 is 1.33 bits per heavy atom. The number of hydrogen-bond donors (Lipinski definition) is 2. The standard InChI is InChI=1S/C16H22N2O3/c1-16(2)8-9-18(11-16)15(21)17-13(10-14(19)20)12-6-4-3-5-7-12/h3-7,13H,8-11H2,1-2H3,(H,17,21)(H,19,20). The minimum absolute atomic E-state index is 0.118. The second kappa shape index (κ2) is 6.16. The topological polar surface area (TPSA) is 69.6 Å². The van der Waals surface area contributed by atoms with E-state index >= 15 is 0 Å². The number of rotatable bonds is 4. The van der Waals surface area contributed by atoms with E-state index in [1.807, 2.05) is 30.3 Å². The summed E-state index contributed by atoms with van der Waals surface area (Å²) in [7, 11) is 0. The van der Waals surface area contributed by atoms with Crippen molar-refractivity contribution < 1.29 is 14.7 Å². The van der Waals surface area contributed by atoms with E-state index in [-0.39, 0.29) is 17.9 Å². The van der Waals surface area contributed by atoms with Gasteiger partial charge in [-0.25, -0.2) is 4.79 Å². The van der Waals surface area contributed by atoms with Crippen LogP contribution in [-0.4, -0.2) is 35.1 Å². The van der Waals surface area contributed by atoms with Crippen molar-refractivity contribution in [2.45, 2.75) is 32.7 Å². The van der Waals surface area contributed by atoms with Crippen molar-refractivity contribution in [3.8, 4) is 0 Å². The van der Waals surface area contributed by atoms with Gasteiger partial charge in [0.1, 0.15) is 0 Å². The van der Waals surface area contributed by atoms with Crippen LogP contribution in [0.4, 0.5) is 4.79 Å². The van der Waals surface area contributed by atoms with Crippen LogP contribution in [0.3, 0.4) is 0 Å². The van der Waals surface area contributed by atoms with Crippen LogP contribution in [0.25, 0.3) is 0 Å². The maximum Gasteiger partial charge on any atom is 0.317 e. The Balaban J connectivity index is 2.05. The number of carbonyl (C=O) groups is 2. The van der Waals surface area contributed by atoms with Crippen molar-refractivity contribution in [3.05, 3.63) is 35.9 Å². The van der Waals surface area contributed by atoms with Crippen LogP contribution < -0.4 is 5.32 Å². The Labute approximate surface area is 125 Å². The van der Waals surface area contributed by atoms with Gasteiger partial charge in [0, 0.05) is 13.1 Å². The molecule has 0 aliphatic carbocycles. The summed E-state index contributed by atoms with van der Waals surface area (Å²) >= 11 is 0. The average molecular weight is 290 g/mol. The molecule has 0 bridgehead atoms. The van der Waals surface area contributed by atoms with Crippen LogP contribution in [-0.2, 0) is 4.79 Å². The van der Waals surface area contributed by atoms with Crippen LogP contribution in [0.1, 0.15) is 38.3 Å². The Hall–Kier alpha value is -2.04. The van der Waals surface area contributed by atoms with E-state index in [1.54, 1.807) is 4.90 Å². The molecule has 0 radical (unpaired) electrons. The zero-order chi connectivity index (χ0) is 15.5. The highest BCUT2D eigenvalue weighted by Crippen LogP contribution is 2.29. The monoisotopic (exact) mass is 290 g/mol. The molecule has 2 rings (SSSR count). The van der Waals surface area contributed by atoms with Crippen molar-refractivity contribution in [3.63, 3.8) is 0 Å². The predicted molar refractivity (Wildman–Crippen MR) is 79.9 cm³/mol. The smallest absolute Gasteiger partial charge is 0.317 e. The number of carbonyl (C=O) groups excluding carboxylic acids is 1. The molecule has 0 spiro atoms. The highest BCUT2D eigenvalue weighted by Gasteiger charge is 2.33. The van der Waals surface area contributed by atoms with E-state index in [4.69, 9.17) is 5.11 Å². The lowest BCUT2D eigenvalue weighted by molar-refractivity contribution is -0.137. The third kappa shape index (κ3) is 4.21. The molecule has 2 N–H and O–H groups in total. The lowest BCUT2D eigenvalue weighted by atomic mass is 9.93. The molecule has 21 heavy (non-hydrogen) atoms. The molecule has 5 heteroatoms. The molecule has 114 valence electrons. The SMILES string of the molecule is CC1(C)CCN(C(=O)NC(CC(=O)O)c2ccccc2)C1. The summed E-state index contributed by atoms with van der Waals surface area (Å²) in [6, 6.07) is 8.54. The lowest BCUT2D eigenvalue weighted by Gasteiger charge is -2.24. The summed E-state index contributed by atoms with van der Waals surface area (Å²) in [5, 5.41) is 11.9. The molecule has 0 aromatic heterocycles. The fraction of sp³-hybridized carbons (Fsp3) is 0.500. The van der Waals surface area contributed by atoms with Crippen molar-refractivity contribution in [1.82, 2.24) is 10.2 Å². The second-order valence-corrected chi connectivity index (χ2v) is 6.35. The van der Waals surface area contributed by atoms with Gasteiger partial charge in [0.15, 0.2) is 0 Å². The fourth-order valence-corrected chi connectivity index (χ4v) is 2.64. The summed E-state index contributed by atoms with van der Waals surface area (Å²) < 4.78 is 0. The van der Waals surface area contributed by atoms with Gasteiger partial charge in [-0.2, -0.15) is 0 Å². The number of carboxylic acids is 1. The summed E-state index contributed by atoms with van der Waals surface area (Å²) in [5.41, 5.74) is 0.943. The summed E-state index contributed by atoms with van der Waals surface area (Å²) in [5.74, 6) is -0.925. The molecule has 1 aromatic rings. The molecule has 1 aliphatic rings. The number of hydrogen-bond acceptors (Lipinski definition) is 2. The van der Waals surface area contributed by atoms with E-state index in [9.17, 15) is 9.59 Å². The molecule has 1 fully saturated rings. The van der Waals surface area contributed by atoms with Gasteiger partial charge in [-0.05, 0) is 17.4 Å². The molecular formula is C16H22N2O3. The number of nitrogens with one attached hydrogen (secondary N) is 1. The third-order valence-corrected chi connectivity index (χ3v) is 3.84. The van der Waals surface area contributed by atoms with E-state index in [0.29, 0.717) is 13.1 Å². The average Bonchev–Trinajstić information content (AvgIpc) is 2.79. The minimum atomic E-state index is -0.925. The van der Waals surface area contributed by atoms with Gasteiger partial charge in [-0.3, -0.25) is 4.79 Å². The van der Waals surface area contributed by atoms with Crippen LogP contribution in [0.2, 0.25) is 0 Å². The highest BCUT2D eigenvalue weighted by atomic mass is 16.4. The molecule has 0 saturated carbocycles. The number of aliphatic carboxylic acids is 1. The minimum Gasteiger partial charge on any atom is -0.481 e. The number of nitrogens with zero attached hydrogens (tertiary/aromatic N) is 1. The molecule has 1 saturated heterocycles. The number of carboxylic acid groups (broad SMARTS) is 1. The maximum absolute atomic E-state index is 12.3. The fourth-order valence-electron chi connectivity index (χ4n) is 2.64. The van der Waals surface area contributed by atoms with E-state index in [0.717, 1.165) is 12.0 Å². The number of likely N-dealkylation sites (tertiary alicyclic amines) is 1. The number of urea groups is 1. The number of amides is 2. The zero-order valence-corrected chi connectivity index (χ0v) is 12.5. The Bertz CT molecular complexity index is 514. The maximum atomic E-state index is 12.3. The van der Waals surface area contributed by atoms with Gasteiger partial charge >= 0.3 is 12.0 Å². The molecule has 2 amide bonds. The molecular weight excluding hydrogens is 268 g/mol. The number of benzene rings is 1. The van der Waals surface area contributed by atoms with Crippen molar-refractivity contribution in [1.29, 1.82) is 0 Å². The van der Waals surface area contributed by atoms with Crippen LogP contribution in [0.5, 0.6) is 0 Å². The van der Waals surface area contributed by atoms with Crippen molar-refractivity contribution in [2.75, 3.05) is 13.1 Å². The molecule has 1 unspecified atom stereocenters. The molecule has 5 nitrogen and oxygen atoms in total. The molecule has 1 heterocycles. The van der Waals surface area contributed by atoms with Gasteiger partial charge in [-0.15, -0.1) is 0 Å². The first kappa shape index (κ1) is 15.4. The van der Waals surface area contributed by atoms with E-state index < -0.39 is 12.0 Å². The zero-order valence-electron chi connectivity index (χ0n) is 12.5. The van der Waals surface area contributed by atoms with Crippen molar-refractivity contribution in [2.24, 2.45) is 5.41 Å². The molecule has 1 aliphatic heterocycles. The Morgan fingerprint density at radius 2 is 2.00 bits per heavy atom. The molecule has 1 atom stereocenters. The first-order valence-corrected chi connectivity index (χ1v) is 7.19. The third-order valence-electron chi connectivity index (χ3n) is 3.84. The van der Waals surface area contributed by atoms with Gasteiger partial charge < -0.3 is 15.3 Å². The first-order chi connectivity index (χ1) is 9.87. The lowest BCUT2D eigenvalue weighted by Crippen LogP contribution is -2.41. The summed E-state index contributed by atoms with van der Waals surface area (Å²) in [4.78, 5) is 25.1. The van der Waals surface area contributed by atoms with Crippen LogP contribution in [0, 0.1) is 5.41 Å². The quantitative estimate of drug-likeness (QED) is 0.895. The first-order valence-electron chi connectivity index (χ1n) is 7.19. The summed E-state index contributed by atoms with van der Waals surface area (Å²) in [6.07, 6.45) is 0.850. The van der Waals surface area contributed by atoms with Gasteiger partial charge in [0.25, 0.3) is 0 Å². The summed E-state index contributed by atoms with van der Waals surface area (Å²) in [6.45, 7) is 5.68. The molecule has 1 aromatic carbocycles. The van der Waals surface area contributed by atoms with Crippen LogP contribution >= 0.6 is 0 Å². The van der Waals surface area contributed by atoms with Crippen molar-refractivity contribution >= 4 is 12.0 Å². The normalized spacial score (nSPS) is 18.3. The Morgan fingerprint density at radius 3 is 2.52 bits per heavy atom. The predicted octanol–water partition coefficient (Wildman–Crippen LogP) is 2.64.